The Labute approximate surface area is 182 Å². The molecule has 30 heavy (non-hydrogen) atoms. The lowest BCUT2D eigenvalue weighted by Crippen LogP contribution is -2.46. The minimum atomic E-state index is -0.440. The van der Waals surface area contributed by atoms with Crippen molar-refractivity contribution in [2.45, 2.75) is 6.92 Å². The molecule has 2 aromatic rings. The molecule has 0 radical (unpaired) electrons. The van der Waals surface area contributed by atoms with Gasteiger partial charge in [0.05, 0.1) is 24.0 Å². The summed E-state index contributed by atoms with van der Waals surface area (Å²) in [7, 11) is 1.34. The third kappa shape index (κ3) is 5.62. The average molecular weight is 428 g/mol. The van der Waals surface area contributed by atoms with Crippen LogP contribution in [0.25, 0.3) is 6.08 Å². The Kier molecular flexibility index (Phi) is 7.49. The van der Waals surface area contributed by atoms with Gasteiger partial charge in [0.2, 0.25) is 5.91 Å². The average Bonchev–Trinajstić information content (AvgIpc) is 2.78. The van der Waals surface area contributed by atoms with Gasteiger partial charge < -0.3 is 19.9 Å². The molecule has 1 aliphatic rings. The number of hydrogen-bond donors (Lipinski definition) is 1. The summed E-state index contributed by atoms with van der Waals surface area (Å²) in [4.78, 5) is 29.2. The molecule has 6 nitrogen and oxygen atoms in total. The number of carbonyl (C=O) groups is 2. The van der Waals surface area contributed by atoms with E-state index < -0.39 is 5.97 Å². The summed E-state index contributed by atoms with van der Waals surface area (Å²) in [6, 6.07) is 12.5. The van der Waals surface area contributed by atoms with E-state index in [1.807, 2.05) is 18.2 Å². The first-order valence-electron chi connectivity index (χ1n) is 9.94. The minimum absolute atomic E-state index is 0.277. The Morgan fingerprint density at radius 2 is 1.80 bits per heavy atom. The fraction of sp³-hybridized carbons (Fsp3) is 0.304. The molecule has 2 aromatic carbocycles. The molecule has 0 atom stereocenters. The number of hydrogen-bond acceptors (Lipinski definition) is 5. The summed E-state index contributed by atoms with van der Waals surface area (Å²) in [6.45, 7) is 6.80. The molecule has 158 valence electrons. The Morgan fingerprint density at radius 3 is 2.43 bits per heavy atom. The number of esters is 1. The summed E-state index contributed by atoms with van der Waals surface area (Å²) in [5, 5.41) is 3.56. The number of rotatable bonds is 6. The molecule has 0 bridgehead atoms. The summed E-state index contributed by atoms with van der Waals surface area (Å²) in [5.41, 5.74) is 2.75. The number of piperazine rings is 1. The van der Waals surface area contributed by atoms with Crippen molar-refractivity contribution >= 4 is 40.9 Å². The minimum Gasteiger partial charge on any atom is -0.465 e. The predicted octanol–water partition coefficient (Wildman–Crippen LogP) is 3.92. The first-order chi connectivity index (χ1) is 14.5. The highest BCUT2D eigenvalue weighted by Gasteiger charge is 2.20. The van der Waals surface area contributed by atoms with Gasteiger partial charge in [0, 0.05) is 37.3 Å². The largest absolute Gasteiger partial charge is 0.465 e. The van der Waals surface area contributed by atoms with Crippen LogP contribution in [-0.4, -0.2) is 56.6 Å². The third-order valence-corrected chi connectivity index (χ3v) is 5.38. The predicted molar refractivity (Wildman–Crippen MR) is 121 cm³/mol. The second-order valence-corrected chi connectivity index (χ2v) is 7.46. The molecule has 1 heterocycles. The van der Waals surface area contributed by atoms with Crippen molar-refractivity contribution in [2.24, 2.45) is 0 Å². The van der Waals surface area contributed by atoms with Crippen LogP contribution in [0.15, 0.2) is 48.5 Å². The fourth-order valence-corrected chi connectivity index (χ4v) is 3.51. The summed E-state index contributed by atoms with van der Waals surface area (Å²) in [6.07, 6.45) is 3.18. The van der Waals surface area contributed by atoms with Crippen LogP contribution in [0.4, 0.5) is 11.4 Å². The number of nitrogens with one attached hydrogen (secondary N) is 1. The number of anilines is 2. The molecule has 1 aliphatic heterocycles. The van der Waals surface area contributed by atoms with E-state index in [2.05, 4.69) is 22.0 Å². The van der Waals surface area contributed by atoms with E-state index in [-0.39, 0.29) is 5.91 Å². The maximum Gasteiger partial charge on any atom is 0.337 e. The van der Waals surface area contributed by atoms with Crippen LogP contribution in [0.1, 0.15) is 22.8 Å². The maximum absolute atomic E-state index is 12.6. The second-order valence-electron chi connectivity index (χ2n) is 7.02. The lowest BCUT2D eigenvalue weighted by Gasteiger charge is -2.36. The smallest absolute Gasteiger partial charge is 0.337 e. The van der Waals surface area contributed by atoms with Crippen molar-refractivity contribution in [3.8, 4) is 0 Å². The van der Waals surface area contributed by atoms with Gasteiger partial charge in [0.25, 0.3) is 0 Å². The lowest BCUT2D eigenvalue weighted by molar-refractivity contribution is -0.111. The molecule has 0 spiro atoms. The van der Waals surface area contributed by atoms with Gasteiger partial charge in [-0.05, 0) is 48.5 Å². The van der Waals surface area contributed by atoms with Crippen LogP contribution >= 0.6 is 11.6 Å². The molecule has 0 aliphatic carbocycles. The van der Waals surface area contributed by atoms with Gasteiger partial charge in [-0.25, -0.2) is 4.79 Å². The number of halogens is 1. The highest BCUT2D eigenvalue weighted by atomic mass is 35.5. The molecule has 1 saturated heterocycles. The van der Waals surface area contributed by atoms with Crippen LogP contribution in [-0.2, 0) is 9.53 Å². The highest BCUT2D eigenvalue weighted by molar-refractivity contribution is 6.30. The number of ether oxygens (including phenoxy) is 1. The molecule has 0 aromatic heterocycles. The molecular formula is C23H26ClN3O3. The lowest BCUT2D eigenvalue weighted by atomic mass is 10.1. The van der Waals surface area contributed by atoms with Gasteiger partial charge in [-0.3, -0.25) is 4.79 Å². The van der Waals surface area contributed by atoms with Crippen molar-refractivity contribution in [2.75, 3.05) is 50.1 Å². The summed E-state index contributed by atoms with van der Waals surface area (Å²) >= 11 is 5.89. The molecule has 7 heteroatoms. The van der Waals surface area contributed by atoms with Gasteiger partial charge in [0.15, 0.2) is 0 Å². The quantitative estimate of drug-likeness (QED) is 0.559. The molecular weight excluding hydrogens is 402 g/mol. The second kappa shape index (κ2) is 10.3. The number of benzene rings is 2. The van der Waals surface area contributed by atoms with Gasteiger partial charge in [0.1, 0.15) is 0 Å². The van der Waals surface area contributed by atoms with Crippen LogP contribution in [0, 0.1) is 0 Å². The zero-order valence-corrected chi connectivity index (χ0v) is 18.0. The van der Waals surface area contributed by atoms with Crippen LogP contribution in [0.5, 0.6) is 0 Å². The normalized spacial score (nSPS) is 14.7. The highest BCUT2D eigenvalue weighted by Crippen LogP contribution is 2.29. The number of nitrogens with zero attached hydrogens (tertiary/aromatic N) is 2. The van der Waals surface area contributed by atoms with Gasteiger partial charge in [-0.15, -0.1) is 0 Å². The molecule has 1 N–H and O–H groups in total. The Hall–Kier alpha value is -2.83. The van der Waals surface area contributed by atoms with E-state index in [9.17, 15) is 9.59 Å². The van der Waals surface area contributed by atoms with Crippen LogP contribution < -0.4 is 10.2 Å². The fourth-order valence-electron chi connectivity index (χ4n) is 3.38. The SMILES string of the molecule is CCN1CCN(c2ccc(C(=O)OC)cc2NC(=O)/C=C/c2ccc(Cl)cc2)CC1. The van der Waals surface area contributed by atoms with Crippen molar-refractivity contribution in [1.82, 2.24) is 4.90 Å². The van der Waals surface area contributed by atoms with E-state index >= 15 is 0 Å². The topological polar surface area (TPSA) is 61.9 Å². The van der Waals surface area contributed by atoms with Crippen LogP contribution in [0.2, 0.25) is 5.02 Å². The number of carbonyl (C=O) groups excluding carboxylic acids is 2. The zero-order chi connectivity index (χ0) is 21.5. The number of methoxy groups -OCH3 is 1. The third-order valence-electron chi connectivity index (χ3n) is 5.13. The molecule has 1 fully saturated rings. The standard InChI is InChI=1S/C23H26ClN3O3/c1-3-26-12-14-27(15-13-26)21-10-7-18(23(29)30-2)16-20(21)25-22(28)11-6-17-4-8-19(24)9-5-17/h4-11,16H,3,12-15H2,1-2H3,(H,25,28)/b11-6+. The maximum atomic E-state index is 12.6. The monoisotopic (exact) mass is 427 g/mol. The van der Waals surface area contributed by atoms with E-state index in [1.54, 1.807) is 30.3 Å². The number of likely N-dealkylation sites (N-methyl/N-ethyl adjacent to an activating group) is 1. The van der Waals surface area contributed by atoms with E-state index in [4.69, 9.17) is 16.3 Å². The van der Waals surface area contributed by atoms with Crippen molar-refractivity contribution in [1.29, 1.82) is 0 Å². The molecule has 0 unspecified atom stereocenters. The molecule has 1 amide bonds. The van der Waals surface area contributed by atoms with Crippen molar-refractivity contribution < 1.29 is 14.3 Å². The van der Waals surface area contributed by atoms with Crippen molar-refractivity contribution in [3.05, 3.63) is 64.7 Å². The first-order valence-corrected chi connectivity index (χ1v) is 10.3. The first kappa shape index (κ1) is 21.9. The van der Waals surface area contributed by atoms with Gasteiger partial charge >= 0.3 is 5.97 Å². The van der Waals surface area contributed by atoms with E-state index in [1.165, 1.54) is 13.2 Å². The zero-order valence-electron chi connectivity index (χ0n) is 17.2. The number of amides is 1. The van der Waals surface area contributed by atoms with Gasteiger partial charge in [-0.2, -0.15) is 0 Å². The van der Waals surface area contributed by atoms with E-state index in [0.717, 1.165) is 44.0 Å². The van der Waals surface area contributed by atoms with E-state index in [0.29, 0.717) is 16.3 Å². The summed E-state index contributed by atoms with van der Waals surface area (Å²) < 4.78 is 4.83. The molecule has 0 saturated carbocycles. The van der Waals surface area contributed by atoms with Crippen LogP contribution in [0.3, 0.4) is 0 Å². The Bertz CT molecular complexity index is 920. The van der Waals surface area contributed by atoms with Gasteiger partial charge in [-0.1, -0.05) is 30.7 Å². The van der Waals surface area contributed by atoms with Crippen molar-refractivity contribution in [3.63, 3.8) is 0 Å². The summed E-state index contributed by atoms with van der Waals surface area (Å²) in [5.74, 6) is -0.718. The Balaban J connectivity index is 1.80. The molecule has 3 rings (SSSR count). The Morgan fingerprint density at radius 1 is 1.10 bits per heavy atom.